The number of rotatable bonds is 8. The minimum atomic E-state index is -0.722. The van der Waals surface area contributed by atoms with Crippen LogP contribution in [0.15, 0.2) is 30.3 Å². The van der Waals surface area contributed by atoms with E-state index >= 15 is 0 Å². The number of carbonyl (C=O) groups excluding carboxylic acids is 2. The van der Waals surface area contributed by atoms with Crippen LogP contribution in [0, 0.1) is 17.6 Å². The van der Waals surface area contributed by atoms with Crippen LogP contribution in [0.25, 0.3) is 0 Å². The smallest absolute Gasteiger partial charge is 0.222 e. The van der Waals surface area contributed by atoms with E-state index in [4.69, 9.17) is 14.2 Å². The third-order valence-corrected chi connectivity index (χ3v) is 5.76. The molecule has 2 aromatic rings. The average Bonchev–Trinajstić information content (AvgIpc) is 2.82. The van der Waals surface area contributed by atoms with Crippen molar-refractivity contribution in [2.24, 2.45) is 5.92 Å². The number of halogens is 2. The molecule has 0 aromatic heterocycles. The summed E-state index contributed by atoms with van der Waals surface area (Å²) in [6.45, 7) is 0.808. The number of methoxy groups -OCH3 is 3. The van der Waals surface area contributed by atoms with Crippen molar-refractivity contribution in [3.8, 4) is 17.2 Å². The summed E-state index contributed by atoms with van der Waals surface area (Å²) in [5, 5.41) is 0. The molecule has 1 amide bonds. The fraction of sp³-hybridized carbons (Fsp3) is 0.417. The molecule has 172 valence electrons. The number of carbonyl (C=O) groups is 2. The number of hydrogen-bond donors (Lipinski definition) is 0. The second-order valence-corrected chi connectivity index (χ2v) is 7.68. The molecule has 1 aliphatic rings. The van der Waals surface area contributed by atoms with Gasteiger partial charge < -0.3 is 19.1 Å². The number of ether oxygens (including phenoxy) is 3. The molecule has 1 aliphatic heterocycles. The van der Waals surface area contributed by atoms with E-state index in [0.717, 1.165) is 23.8 Å². The van der Waals surface area contributed by atoms with Crippen LogP contribution < -0.4 is 14.2 Å². The van der Waals surface area contributed by atoms with Crippen LogP contribution in [-0.4, -0.2) is 51.0 Å². The molecule has 3 rings (SSSR count). The molecule has 1 fully saturated rings. The predicted octanol–water partition coefficient (Wildman–Crippen LogP) is 4.04. The first kappa shape index (κ1) is 23.5. The highest BCUT2D eigenvalue weighted by atomic mass is 19.1. The highest BCUT2D eigenvalue weighted by Gasteiger charge is 2.29. The SMILES string of the molecule is COc1cc(CCC(=O)N2CCC(C(=O)c3cc(F)ccc3F)CC2)cc(OC)c1OC. The summed E-state index contributed by atoms with van der Waals surface area (Å²) >= 11 is 0. The maximum Gasteiger partial charge on any atom is 0.222 e. The zero-order valence-corrected chi connectivity index (χ0v) is 18.5. The Balaban J connectivity index is 1.57. The zero-order valence-electron chi connectivity index (χ0n) is 18.5. The van der Waals surface area contributed by atoms with Gasteiger partial charge in [0.2, 0.25) is 11.7 Å². The third-order valence-electron chi connectivity index (χ3n) is 5.76. The molecule has 0 spiro atoms. The molecule has 1 heterocycles. The van der Waals surface area contributed by atoms with Gasteiger partial charge in [0.05, 0.1) is 26.9 Å². The fourth-order valence-corrected chi connectivity index (χ4v) is 3.99. The molecule has 6 nitrogen and oxygen atoms in total. The Bertz CT molecular complexity index is 961. The second kappa shape index (κ2) is 10.4. The van der Waals surface area contributed by atoms with Crippen LogP contribution >= 0.6 is 0 Å². The van der Waals surface area contributed by atoms with Gasteiger partial charge in [-0.2, -0.15) is 0 Å². The molecule has 0 unspecified atom stereocenters. The van der Waals surface area contributed by atoms with Crippen molar-refractivity contribution in [1.82, 2.24) is 4.90 Å². The third kappa shape index (κ3) is 5.18. The van der Waals surface area contributed by atoms with Crippen LogP contribution in [0.3, 0.4) is 0 Å². The van der Waals surface area contributed by atoms with Crippen LogP contribution in [0.2, 0.25) is 0 Å². The molecule has 8 heteroatoms. The Morgan fingerprint density at radius 3 is 2.16 bits per heavy atom. The summed E-state index contributed by atoms with van der Waals surface area (Å²) in [6.07, 6.45) is 1.62. The Kier molecular flexibility index (Phi) is 7.66. The van der Waals surface area contributed by atoms with Gasteiger partial charge in [0.1, 0.15) is 11.6 Å². The number of aryl methyl sites for hydroxylation is 1. The normalized spacial score (nSPS) is 14.2. The quantitative estimate of drug-likeness (QED) is 0.572. The topological polar surface area (TPSA) is 65.1 Å². The first-order valence-electron chi connectivity index (χ1n) is 10.4. The lowest BCUT2D eigenvalue weighted by Gasteiger charge is -2.31. The maximum atomic E-state index is 13.9. The lowest BCUT2D eigenvalue weighted by atomic mass is 9.88. The zero-order chi connectivity index (χ0) is 23.3. The van der Waals surface area contributed by atoms with E-state index in [0.29, 0.717) is 49.6 Å². The number of nitrogens with zero attached hydrogens (tertiary/aromatic N) is 1. The van der Waals surface area contributed by atoms with Gasteiger partial charge in [-0.15, -0.1) is 0 Å². The Labute approximate surface area is 186 Å². The van der Waals surface area contributed by atoms with Crippen molar-refractivity contribution < 1.29 is 32.6 Å². The van der Waals surface area contributed by atoms with Gasteiger partial charge in [0.25, 0.3) is 0 Å². The highest BCUT2D eigenvalue weighted by molar-refractivity contribution is 5.98. The van der Waals surface area contributed by atoms with Gasteiger partial charge in [0, 0.05) is 25.4 Å². The first-order chi connectivity index (χ1) is 15.4. The highest BCUT2D eigenvalue weighted by Crippen LogP contribution is 2.38. The van der Waals surface area contributed by atoms with Crippen LogP contribution in [0.4, 0.5) is 8.78 Å². The van der Waals surface area contributed by atoms with Gasteiger partial charge in [-0.3, -0.25) is 9.59 Å². The van der Waals surface area contributed by atoms with E-state index in [1.54, 1.807) is 4.90 Å². The number of piperidine rings is 1. The van der Waals surface area contributed by atoms with E-state index in [9.17, 15) is 18.4 Å². The first-order valence-corrected chi connectivity index (χ1v) is 10.4. The molecular formula is C24H27F2NO5. The molecule has 32 heavy (non-hydrogen) atoms. The summed E-state index contributed by atoms with van der Waals surface area (Å²) in [5.74, 6) is -0.684. The number of likely N-dealkylation sites (tertiary alicyclic amines) is 1. The Hall–Kier alpha value is -3.16. The molecule has 0 radical (unpaired) electrons. The molecule has 0 saturated carbocycles. The standard InChI is InChI=1S/C24H27F2NO5/c1-30-20-12-15(13-21(31-2)24(20)32-3)4-7-22(28)27-10-8-16(9-11-27)23(29)18-14-17(25)5-6-19(18)26/h5-6,12-14,16H,4,7-11H2,1-3H3. The van der Waals surface area contributed by atoms with Crippen LogP contribution in [-0.2, 0) is 11.2 Å². The van der Waals surface area contributed by atoms with Crippen molar-refractivity contribution >= 4 is 11.7 Å². The van der Waals surface area contributed by atoms with E-state index in [1.165, 1.54) is 21.3 Å². The molecule has 0 atom stereocenters. The van der Waals surface area contributed by atoms with E-state index in [1.807, 2.05) is 12.1 Å². The van der Waals surface area contributed by atoms with Crippen molar-refractivity contribution in [2.45, 2.75) is 25.7 Å². The Morgan fingerprint density at radius 2 is 1.59 bits per heavy atom. The lowest BCUT2D eigenvalue weighted by molar-refractivity contribution is -0.132. The van der Waals surface area contributed by atoms with Gasteiger partial charge >= 0.3 is 0 Å². The van der Waals surface area contributed by atoms with E-state index in [-0.39, 0.29) is 17.9 Å². The summed E-state index contributed by atoms with van der Waals surface area (Å²) in [4.78, 5) is 27.0. The summed E-state index contributed by atoms with van der Waals surface area (Å²) < 4.78 is 43.3. The summed E-state index contributed by atoms with van der Waals surface area (Å²) in [5.41, 5.74) is 0.650. The number of ketones is 1. The predicted molar refractivity (Wildman–Crippen MR) is 114 cm³/mol. The van der Waals surface area contributed by atoms with Gasteiger partial charge in [-0.1, -0.05) is 0 Å². The summed E-state index contributed by atoms with van der Waals surface area (Å²) in [7, 11) is 4.60. The number of Topliss-reactive ketones (excluding diaryl/α,β-unsaturated/α-hetero) is 1. The van der Waals surface area contributed by atoms with Crippen molar-refractivity contribution in [1.29, 1.82) is 0 Å². The molecule has 0 N–H and O–H groups in total. The van der Waals surface area contributed by atoms with Crippen LogP contribution in [0.1, 0.15) is 35.2 Å². The average molecular weight is 447 g/mol. The fourth-order valence-electron chi connectivity index (χ4n) is 3.99. The number of amides is 1. The molecule has 0 aliphatic carbocycles. The minimum absolute atomic E-state index is 0.0263. The molecule has 2 aromatic carbocycles. The molecule has 0 bridgehead atoms. The van der Waals surface area contributed by atoms with Gasteiger partial charge in [-0.25, -0.2) is 8.78 Å². The van der Waals surface area contributed by atoms with Crippen molar-refractivity contribution in [3.05, 3.63) is 53.1 Å². The molecular weight excluding hydrogens is 420 g/mol. The monoisotopic (exact) mass is 447 g/mol. The minimum Gasteiger partial charge on any atom is -0.493 e. The van der Waals surface area contributed by atoms with Gasteiger partial charge in [-0.05, 0) is 55.2 Å². The van der Waals surface area contributed by atoms with E-state index < -0.39 is 23.3 Å². The number of benzene rings is 2. The van der Waals surface area contributed by atoms with Gasteiger partial charge in [0.15, 0.2) is 17.3 Å². The summed E-state index contributed by atoms with van der Waals surface area (Å²) in [6, 6.07) is 6.51. The van der Waals surface area contributed by atoms with E-state index in [2.05, 4.69) is 0 Å². The largest absolute Gasteiger partial charge is 0.493 e. The second-order valence-electron chi connectivity index (χ2n) is 7.68. The lowest BCUT2D eigenvalue weighted by Crippen LogP contribution is -2.40. The van der Waals surface area contributed by atoms with Crippen molar-refractivity contribution in [2.75, 3.05) is 34.4 Å². The van der Waals surface area contributed by atoms with Crippen LogP contribution in [0.5, 0.6) is 17.2 Å². The van der Waals surface area contributed by atoms with Crippen molar-refractivity contribution in [3.63, 3.8) is 0 Å². The number of hydrogen-bond acceptors (Lipinski definition) is 5. The maximum absolute atomic E-state index is 13.9. The Morgan fingerprint density at radius 1 is 0.969 bits per heavy atom. The molecule has 1 saturated heterocycles.